The Hall–Kier alpha value is -4.68. The van der Waals surface area contributed by atoms with Crippen molar-refractivity contribution in [1.29, 1.82) is 0 Å². The number of nitrogens with one attached hydrogen (secondary N) is 2. The van der Waals surface area contributed by atoms with E-state index in [2.05, 4.69) is 20.5 Å². The predicted octanol–water partition coefficient (Wildman–Crippen LogP) is 7.46. The van der Waals surface area contributed by atoms with Crippen LogP contribution >= 0.6 is 11.6 Å². The minimum absolute atomic E-state index is 0.172. The molecule has 0 saturated heterocycles. The largest absolute Gasteiger partial charge is 0.436 e. The maximum absolute atomic E-state index is 12.8. The highest BCUT2D eigenvalue weighted by Crippen LogP contribution is 2.33. The van der Waals surface area contributed by atoms with Crippen molar-refractivity contribution in [3.63, 3.8) is 0 Å². The molecule has 0 aliphatic heterocycles. The number of hydrogen-bond donors (Lipinski definition) is 2. The first-order valence-electron chi connectivity index (χ1n) is 11.3. The Morgan fingerprint density at radius 1 is 0.833 bits per heavy atom. The van der Waals surface area contributed by atoms with Crippen LogP contribution < -0.4 is 5.32 Å². The standard InChI is InChI=1S/C29H19ClN4O2/c30-22-12-15-26-25(16-22)33-29(36-26)24-17-31-34-27(24)20-10-13-23(14-11-20)32-28(35)21-8-6-19(7-9-21)18-4-2-1-3-5-18/h1-17H,(H,31,34)(H,32,35). The number of anilines is 1. The number of fused-ring (bicyclic) bond motifs is 1. The van der Waals surface area contributed by atoms with Crippen LogP contribution in [0.5, 0.6) is 0 Å². The molecule has 36 heavy (non-hydrogen) atoms. The minimum Gasteiger partial charge on any atom is -0.436 e. The second-order valence-electron chi connectivity index (χ2n) is 8.26. The number of oxazole rings is 1. The van der Waals surface area contributed by atoms with Crippen LogP contribution in [0.25, 0.3) is 44.9 Å². The third-order valence-corrected chi connectivity index (χ3v) is 6.14. The van der Waals surface area contributed by atoms with Crippen LogP contribution in [-0.4, -0.2) is 21.1 Å². The maximum Gasteiger partial charge on any atom is 0.255 e. The number of nitrogens with zero attached hydrogens (tertiary/aromatic N) is 2. The van der Waals surface area contributed by atoms with E-state index >= 15 is 0 Å². The summed E-state index contributed by atoms with van der Waals surface area (Å²) in [6, 6.07) is 30.5. The molecule has 0 radical (unpaired) electrons. The Morgan fingerprint density at radius 3 is 2.33 bits per heavy atom. The summed E-state index contributed by atoms with van der Waals surface area (Å²) in [5, 5.41) is 10.7. The maximum atomic E-state index is 12.8. The second-order valence-corrected chi connectivity index (χ2v) is 8.70. The molecule has 0 bridgehead atoms. The normalized spacial score (nSPS) is 11.0. The fraction of sp³-hybridized carbons (Fsp3) is 0. The van der Waals surface area contributed by atoms with Crippen LogP contribution in [0.3, 0.4) is 0 Å². The van der Waals surface area contributed by atoms with Crippen LogP contribution in [-0.2, 0) is 0 Å². The van der Waals surface area contributed by atoms with Crippen LogP contribution in [0.15, 0.2) is 108 Å². The molecule has 6 rings (SSSR count). The molecule has 2 heterocycles. The summed E-state index contributed by atoms with van der Waals surface area (Å²) in [5.41, 5.74) is 7.16. The zero-order valence-electron chi connectivity index (χ0n) is 18.9. The Morgan fingerprint density at radius 2 is 1.56 bits per heavy atom. The Kier molecular flexibility index (Phi) is 5.56. The van der Waals surface area contributed by atoms with Gasteiger partial charge in [-0.3, -0.25) is 9.89 Å². The molecule has 2 aromatic heterocycles. The average molecular weight is 491 g/mol. The first kappa shape index (κ1) is 21.8. The van der Waals surface area contributed by atoms with E-state index in [9.17, 15) is 4.79 Å². The molecule has 1 amide bonds. The van der Waals surface area contributed by atoms with E-state index in [1.807, 2.05) is 78.9 Å². The Balaban J connectivity index is 1.19. The van der Waals surface area contributed by atoms with Crippen molar-refractivity contribution >= 4 is 34.3 Å². The predicted molar refractivity (Wildman–Crippen MR) is 142 cm³/mol. The molecular formula is C29H19ClN4O2. The summed E-state index contributed by atoms with van der Waals surface area (Å²) >= 11 is 6.07. The van der Waals surface area contributed by atoms with E-state index in [4.69, 9.17) is 16.0 Å². The highest BCUT2D eigenvalue weighted by Gasteiger charge is 2.16. The zero-order valence-corrected chi connectivity index (χ0v) is 19.7. The van der Waals surface area contributed by atoms with Crippen molar-refractivity contribution in [1.82, 2.24) is 15.2 Å². The number of aromatic amines is 1. The molecule has 0 atom stereocenters. The SMILES string of the molecule is O=C(Nc1ccc(-c2[nH]ncc2-c2nc3cc(Cl)ccc3o2)cc1)c1ccc(-c2ccccc2)cc1. The third kappa shape index (κ3) is 4.26. The third-order valence-electron chi connectivity index (χ3n) is 5.91. The van der Waals surface area contributed by atoms with Crippen molar-refractivity contribution < 1.29 is 9.21 Å². The van der Waals surface area contributed by atoms with Crippen molar-refractivity contribution in [2.75, 3.05) is 5.32 Å². The van der Waals surface area contributed by atoms with Gasteiger partial charge in [-0.25, -0.2) is 4.98 Å². The molecular weight excluding hydrogens is 472 g/mol. The fourth-order valence-electron chi connectivity index (χ4n) is 4.05. The van der Waals surface area contributed by atoms with Gasteiger partial charge in [-0.05, 0) is 53.6 Å². The summed E-state index contributed by atoms with van der Waals surface area (Å²) in [5.74, 6) is 0.280. The lowest BCUT2D eigenvalue weighted by Crippen LogP contribution is -2.11. The molecule has 7 heteroatoms. The van der Waals surface area contributed by atoms with Gasteiger partial charge in [-0.2, -0.15) is 5.10 Å². The van der Waals surface area contributed by atoms with Crippen molar-refractivity contribution in [2.45, 2.75) is 0 Å². The van der Waals surface area contributed by atoms with Crippen LogP contribution in [0.2, 0.25) is 5.02 Å². The number of hydrogen-bond acceptors (Lipinski definition) is 4. The van der Waals surface area contributed by atoms with E-state index in [1.54, 1.807) is 24.4 Å². The number of benzene rings is 4. The first-order valence-corrected chi connectivity index (χ1v) is 11.7. The van der Waals surface area contributed by atoms with Gasteiger partial charge in [-0.15, -0.1) is 0 Å². The summed E-state index contributed by atoms with van der Waals surface area (Å²) in [4.78, 5) is 17.3. The molecule has 0 saturated carbocycles. The van der Waals surface area contributed by atoms with Gasteiger partial charge < -0.3 is 9.73 Å². The molecule has 0 spiro atoms. The van der Waals surface area contributed by atoms with E-state index in [0.29, 0.717) is 33.3 Å². The summed E-state index contributed by atoms with van der Waals surface area (Å²) in [6.07, 6.45) is 1.68. The molecule has 4 aromatic carbocycles. The monoisotopic (exact) mass is 490 g/mol. The number of aromatic nitrogens is 3. The molecule has 0 aliphatic rings. The molecule has 6 aromatic rings. The van der Waals surface area contributed by atoms with Gasteiger partial charge in [0.15, 0.2) is 5.58 Å². The van der Waals surface area contributed by atoms with E-state index in [1.165, 1.54) is 0 Å². The zero-order chi connectivity index (χ0) is 24.5. The molecule has 0 unspecified atom stereocenters. The smallest absolute Gasteiger partial charge is 0.255 e. The first-order chi connectivity index (χ1) is 17.6. The van der Waals surface area contributed by atoms with E-state index in [0.717, 1.165) is 27.9 Å². The van der Waals surface area contributed by atoms with E-state index in [-0.39, 0.29) is 5.91 Å². The van der Waals surface area contributed by atoms with Crippen LogP contribution in [0.1, 0.15) is 10.4 Å². The Bertz CT molecular complexity index is 1670. The van der Waals surface area contributed by atoms with Gasteiger partial charge in [0, 0.05) is 21.8 Å². The number of rotatable bonds is 5. The van der Waals surface area contributed by atoms with Gasteiger partial charge >= 0.3 is 0 Å². The van der Waals surface area contributed by atoms with Crippen molar-refractivity contribution in [3.05, 3.63) is 114 Å². The van der Waals surface area contributed by atoms with Gasteiger partial charge in [0.1, 0.15) is 5.52 Å². The lowest BCUT2D eigenvalue weighted by Gasteiger charge is -2.08. The van der Waals surface area contributed by atoms with Crippen molar-refractivity contribution in [2.24, 2.45) is 0 Å². The van der Waals surface area contributed by atoms with Gasteiger partial charge in [-0.1, -0.05) is 66.2 Å². The summed E-state index contributed by atoms with van der Waals surface area (Å²) < 4.78 is 5.90. The quantitative estimate of drug-likeness (QED) is 0.262. The van der Waals surface area contributed by atoms with E-state index < -0.39 is 0 Å². The summed E-state index contributed by atoms with van der Waals surface area (Å²) in [7, 11) is 0. The van der Waals surface area contributed by atoms with Crippen molar-refractivity contribution in [3.8, 4) is 33.8 Å². The van der Waals surface area contributed by atoms with Gasteiger partial charge in [0.2, 0.25) is 5.89 Å². The average Bonchev–Trinajstić information content (AvgIpc) is 3.57. The number of halogens is 1. The number of H-pyrrole nitrogens is 1. The number of amides is 1. The minimum atomic E-state index is -0.172. The lowest BCUT2D eigenvalue weighted by atomic mass is 10.0. The second kappa shape index (κ2) is 9.17. The topological polar surface area (TPSA) is 83.8 Å². The Labute approximate surface area is 211 Å². The number of carbonyl (C=O) groups is 1. The van der Waals surface area contributed by atoms with Crippen LogP contribution in [0, 0.1) is 0 Å². The highest BCUT2D eigenvalue weighted by atomic mass is 35.5. The highest BCUT2D eigenvalue weighted by molar-refractivity contribution is 6.31. The molecule has 2 N–H and O–H groups in total. The van der Waals surface area contributed by atoms with Gasteiger partial charge in [0.05, 0.1) is 17.5 Å². The molecule has 174 valence electrons. The molecule has 0 aliphatic carbocycles. The van der Waals surface area contributed by atoms with Gasteiger partial charge in [0.25, 0.3) is 5.91 Å². The fourth-order valence-corrected chi connectivity index (χ4v) is 4.22. The van der Waals surface area contributed by atoms with Crippen LogP contribution in [0.4, 0.5) is 5.69 Å². The summed E-state index contributed by atoms with van der Waals surface area (Å²) in [6.45, 7) is 0. The molecule has 0 fully saturated rings. The molecule has 6 nitrogen and oxygen atoms in total. The lowest BCUT2D eigenvalue weighted by molar-refractivity contribution is 0.102. The number of carbonyl (C=O) groups excluding carboxylic acids is 1.